The second kappa shape index (κ2) is 6.06. The summed E-state index contributed by atoms with van der Waals surface area (Å²) in [5, 5.41) is 2.84. The Labute approximate surface area is 102 Å². The molecule has 0 unspecified atom stereocenters. The summed E-state index contributed by atoms with van der Waals surface area (Å²) < 4.78 is 39.3. The summed E-state index contributed by atoms with van der Waals surface area (Å²) in [7, 11) is 0. The van der Waals surface area contributed by atoms with Gasteiger partial charge in [0.05, 0.1) is 5.02 Å². The number of alkyl halides is 3. The number of ether oxygens (including phenoxy) is 1. The van der Waals surface area contributed by atoms with E-state index in [9.17, 15) is 13.2 Å². The first-order valence-electron chi connectivity index (χ1n) is 4.21. The Kier molecular flexibility index (Phi) is 5.75. The fourth-order valence-corrected chi connectivity index (χ4v) is 1.24. The predicted molar refractivity (Wildman–Crippen MR) is 59.5 cm³/mol. The third-order valence-electron chi connectivity index (χ3n) is 1.54. The molecule has 1 aromatic carbocycles. The normalized spacial score (nSPS) is 10.6. The van der Waals surface area contributed by atoms with Gasteiger partial charge in [0.1, 0.15) is 5.75 Å². The van der Waals surface area contributed by atoms with Crippen molar-refractivity contribution in [1.82, 2.24) is 0 Å². The molecule has 1 aromatic rings. The van der Waals surface area contributed by atoms with E-state index in [0.29, 0.717) is 12.2 Å². The largest absolute Gasteiger partial charge is 0.573 e. The molecule has 16 heavy (non-hydrogen) atoms. The van der Waals surface area contributed by atoms with Gasteiger partial charge in [-0.25, -0.2) is 0 Å². The van der Waals surface area contributed by atoms with Gasteiger partial charge < -0.3 is 10.1 Å². The number of benzene rings is 1. The van der Waals surface area contributed by atoms with Crippen molar-refractivity contribution in [2.24, 2.45) is 0 Å². The summed E-state index contributed by atoms with van der Waals surface area (Å²) in [6.07, 6.45) is -4.72. The van der Waals surface area contributed by atoms with Crippen molar-refractivity contribution >= 4 is 29.7 Å². The van der Waals surface area contributed by atoms with E-state index in [4.69, 9.17) is 11.6 Å². The summed E-state index contributed by atoms with van der Waals surface area (Å²) in [6.45, 7) is 2.53. The zero-order chi connectivity index (χ0) is 11.5. The third-order valence-corrected chi connectivity index (χ3v) is 1.83. The maximum Gasteiger partial charge on any atom is 0.573 e. The molecule has 0 aromatic heterocycles. The van der Waals surface area contributed by atoms with Crippen LogP contribution in [0.4, 0.5) is 18.9 Å². The van der Waals surface area contributed by atoms with Gasteiger partial charge in [-0.1, -0.05) is 11.6 Å². The van der Waals surface area contributed by atoms with E-state index in [-0.39, 0.29) is 17.4 Å². The Morgan fingerprint density at radius 1 is 1.38 bits per heavy atom. The van der Waals surface area contributed by atoms with Crippen LogP contribution in [0.2, 0.25) is 5.02 Å². The fraction of sp³-hybridized carbons (Fsp3) is 0.333. The van der Waals surface area contributed by atoms with E-state index >= 15 is 0 Å². The first kappa shape index (κ1) is 15.2. The smallest absolute Gasteiger partial charge is 0.404 e. The molecule has 0 aliphatic heterocycles. The molecule has 92 valence electrons. The second-order valence-electron chi connectivity index (χ2n) is 2.72. The Bertz CT molecular complexity index is 344. The molecule has 0 atom stereocenters. The van der Waals surface area contributed by atoms with Gasteiger partial charge in [0.15, 0.2) is 0 Å². The topological polar surface area (TPSA) is 21.3 Å². The van der Waals surface area contributed by atoms with Crippen LogP contribution in [-0.2, 0) is 0 Å². The molecule has 7 heteroatoms. The highest BCUT2D eigenvalue weighted by Gasteiger charge is 2.31. The highest BCUT2D eigenvalue weighted by molar-refractivity contribution is 6.32. The number of anilines is 1. The molecule has 0 fully saturated rings. The highest BCUT2D eigenvalue weighted by atomic mass is 35.5. The van der Waals surface area contributed by atoms with Gasteiger partial charge in [-0.05, 0) is 25.1 Å². The van der Waals surface area contributed by atoms with Crippen LogP contribution in [0.1, 0.15) is 6.92 Å². The molecule has 0 saturated heterocycles. The zero-order valence-corrected chi connectivity index (χ0v) is 9.84. The fourth-order valence-electron chi connectivity index (χ4n) is 1.02. The maximum absolute atomic E-state index is 11.9. The molecule has 0 aliphatic rings. The number of rotatable bonds is 3. The summed E-state index contributed by atoms with van der Waals surface area (Å²) in [5.41, 5.74) is 0.650. The van der Waals surface area contributed by atoms with Crippen LogP contribution < -0.4 is 10.1 Å². The van der Waals surface area contributed by atoms with Crippen LogP contribution in [-0.4, -0.2) is 12.9 Å². The lowest BCUT2D eigenvalue weighted by molar-refractivity contribution is -0.274. The summed E-state index contributed by atoms with van der Waals surface area (Å²) >= 11 is 5.61. The first-order valence-corrected chi connectivity index (χ1v) is 4.59. The van der Waals surface area contributed by atoms with E-state index in [2.05, 4.69) is 10.1 Å². The van der Waals surface area contributed by atoms with Crippen molar-refractivity contribution in [2.45, 2.75) is 13.3 Å². The van der Waals surface area contributed by atoms with Crippen molar-refractivity contribution in [1.29, 1.82) is 0 Å². The Hall–Kier alpha value is -0.810. The molecule has 0 radical (unpaired) electrons. The van der Waals surface area contributed by atoms with Crippen LogP contribution in [0.3, 0.4) is 0 Å². The molecular weight excluding hydrogens is 266 g/mol. The van der Waals surface area contributed by atoms with Crippen LogP contribution in [0.15, 0.2) is 18.2 Å². The molecule has 0 saturated carbocycles. The van der Waals surface area contributed by atoms with E-state index in [1.165, 1.54) is 18.2 Å². The van der Waals surface area contributed by atoms with Crippen molar-refractivity contribution in [2.75, 3.05) is 11.9 Å². The van der Waals surface area contributed by atoms with Gasteiger partial charge in [0.25, 0.3) is 0 Å². The molecular formula is C9H10Cl2F3NO. The Morgan fingerprint density at radius 2 is 2.00 bits per heavy atom. The van der Waals surface area contributed by atoms with E-state index < -0.39 is 12.1 Å². The quantitative estimate of drug-likeness (QED) is 0.897. The zero-order valence-electron chi connectivity index (χ0n) is 8.27. The summed E-state index contributed by atoms with van der Waals surface area (Å²) in [5.74, 6) is -0.397. The van der Waals surface area contributed by atoms with Gasteiger partial charge in [-0.3, -0.25) is 0 Å². The molecule has 2 nitrogen and oxygen atoms in total. The standard InChI is InChI=1S/C9H9ClF3NO.ClH/c1-2-14-6-3-4-8(7(10)5-6)15-9(11,12)13;/h3-5,14H,2H2,1H3;1H. The van der Waals surface area contributed by atoms with Crippen molar-refractivity contribution in [3.05, 3.63) is 23.2 Å². The molecule has 1 N–H and O–H groups in total. The minimum absolute atomic E-state index is 0. The minimum Gasteiger partial charge on any atom is -0.404 e. The SMILES string of the molecule is CCNc1ccc(OC(F)(F)F)c(Cl)c1.Cl. The number of halogens is 5. The molecule has 0 amide bonds. The molecule has 0 bridgehead atoms. The lowest BCUT2D eigenvalue weighted by Gasteiger charge is -2.11. The van der Waals surface area contributed by atoms with E-state index in [0.717, 1.165) is 0 Å². The molecule has 0 spiro atoms. The van der Waals surface area contributed by atoms with Crippen molar-refractivity contribution in [3.63, 3.8) is 0 Å². The molecule has 0 aliphatic carbocycles. The maximum atomic E-state index is 11.9. The van der Waals surface area contributed by atoms with Crippen LogP contribution in [0.25, 0.3) is 0 Å². The van der Waals surface area contributed by atoms with Crippen molar-refractivity contribution < 1.29 is 17.9 Å². The monoisotopic (exact) mass is 275 g/mol. The van der Waals surface area contributed by atoms with Gasteiger partial charge in [0, 0.05) is 12.2 Å². The van der Waals surface area contributed by atoms with Gasteiger partial charge in [0.2, 0.25) is 0 Å². The van der Waals surface area contributed by atoms with Crippen LogP contribution >= 0.6 is 24.0 Å². The minimum atomic E-state index is -4.72. The second-order valence-corrected chi connectivity index (χ2v) is 3.13. The number of nitrogens with one attached hydrogen (secondary N) is 1. The van der Waals surface area contributed by atoms with Crippen LogP contribution in [0.5, 0.6) is 5.75 Å². The predicted octanol–water partition coefficient (Wildman–Crippen LogP) is 4.09. The first-order chi connectivity index (χ1) is 6.92. The van der Waals surface area contributed by atoms with Gasteiger partial charge in [-0.15, -0.1) is 25.6 Å². The van der Waals surface area contributed by atoms with Crippen molar-refractivity contribution in [3.8, 4) is 5.75 Å². The number of hydrogen-bond acceptors (Lipinski definition) is 2. The lowest BCUT2D eigenvalue weighted by Crippen LogP contribution is -2.17. The van der Waals surface area contributed by atoms with E-state index in [1.54, 1.807) is 0 Å². The summed E-state index contributed by atoms with van der Waals surface area (Å²) in [6, 6.07) is 4.02. The van der Waals surface area contributed by atoms with Gasteiger partial charge >= 0.3 is 6.36 Å². The summed E-state index contributed by atoms with van der Waals surface area (Å²) in [4.78, 5) is 0. The Balaban J connectivity index is 0.00000225. The highest BCUT2D eigenvalue weighted by Crippen LogP contribution is 2.31. The van der Waals surface area contributed by atoms with E-state index in [1.807, 2.05) is 6.92 Å². The Morgan fingerprint density at radius 3 is 2.44 bits per heavy atom. The lowest BCUT2D eigenvalue weighted by atomic mass is 10.3. The average Bonchev–Trinajstić information content (AvgIpc) is 2.08. The number of hydrogen-bond donors (Lipinski definition) is 1. The van der Waals surface area contributed by atoms with Gasteiger partial charge in [-0.2, -0.15) is 0 Å². The molecule has 1 rings (SSSR count). The van der Waals surface area contributed by atoms with Crippen LogP contribution in [0, 0.1) is 0 Å². The molecule has 0 heterocycles. The average molecular weight is 276 g/mol. The third kappa shape index (κ3) is 4.81.